The van der Waals surface area contributed by atoms with Crippen LogP contribution in [-0.2, 0) is 6.54 Å². The molecule has 1 aliphatic rings. The lowest BCUT2D eigenvalue weighted by atomic mass is 9.91. The fraction of sp³-hybridized carbons (Fsp3) is 0.333. The molecule has 1 aliphatic heterocycles. The molecule has 0 aromatic carbocycles. The van der Waals surface area contributed by atoms with Crippen LogP contribution in [0.15, 0.2) is 49.3 Å². The lowest BCUT2D eigenvalue weighted by Crippen LogP contribution is -2.34. The maximum Gasteiger partial charge on any atom is 0.150 e. The van der Waals surface area contributed by atoms with Gasteiger partial charge in [-0.15, -0.1) is 0 Å². The van der Waals surface area contributed by atoms with E-state index in [9.17, 15) is 0 Å². The van der Waals surface area contributed by atoms with Crippen LogP contribution in [0, 0.1) is 0 Å². The predicted molar refractivity (Wildman–Crippen MR) is 95.4 cm³/mol. The Kier molecular flexibility index (Phi) is 4.65. The summed E-state index contributed by atoms with van der Waals surface area (Å²) in [5, 5.41) is 3.22. The van der Waals surface area contributed by atoms with E-state index >= 15 is 0 Å². The fourth-order valence-corrected chi connectivity index (χ4v) is 3.33. The van der Waals surface area contributed by atoms with Crippen molar-refractivity contribution < 1.29 is 0 Å². The Morgan fingerprint density at radius 3 is 2.92 bits per heavy atom. The van der Waals surface area contributed by atoms with Gasteiger partial charge in [0.25, 0.3) is 0 Å². The van der Waals surface area contributed by atoms with Gasteiger partial charge in [-0.1, -0.05) is 0 Å². The smallest absolute Gasteiger partial charge is 0.150 e. The second kappa shape index (κ2) is 7.40. The number of nitrogens with one attached hydrogen (secondary N) is 2. The highest BCUT2D eigenvalue weighted by Gasteiger charge is 2.22. The van der Waals surface area contributed by atoms with Crippen molar-refractivity contribution in [3.05, 3.63) is 60.7 Å². The molecule has 2 N–H and O–H groups in total. The number of piperidine rings is 1. The number of hydrogen-bond donors (Lipinski definition) is 2. The monoisotopic (exact) mass is 335 g/mol. The third-order valence-electron chi connectivity index (χ3n) is 4.51. The van der Waals surface area contributed by atoms with Crippen molar-refractivity contribution in [2.45, 2.75) is 25.3 Å². The second-order valence-electron chi connectivity index (χ2n) is 6.30. The number of nitrogens with zero attached hydrogens (tertiary/aromatic N) is 5. The average molecular weight is 335 g/mol. The summed E-state index contributed by atoms with van der Waals surface area (Å²) < 4.78 is 0. The number of aromatic amines is 1. The van der Waals surface area contributed by atoms with E-state index in [1.165, 1.54) is 18.4 Å². The van der Waals surface area contributed by atoms with Crippen molar-refractivity contribution >= 4 is 11.6 Å². The van der Waals surface area contributed by atoms with Gasteiger partial charge in [-0.2, -0.15) is 0 Å². The first-order valence-electron chi connectivity index (χ1n) is 8.56. The van der Waals surface area contributed by atoms with E-state index in [4.69, 9.17) is 0 Å². The van der Waals surface area contributed by atoms with Crippen molar-refractivity contribution in [1.29, 1.82) is 0 Å². The molecule has 3 aromatic heterocycles. The van der Waals surface area contributed by atoms with Crippen LogP contribution in [0.5, 0.6) is 0 Å². The van der Waals surface area contributed by atoms with Crippen LogP contribution in [0.3, 0.4) is 0 Å². The van der Waals surface area contributed by atoms with E-state index in [0.29, 0.717) is 11.7 Å². The normalized spacial score (nSPS) is 18.2. The molecule has 3 aromatic rings. The summed E-state index contributed by atoms with van der Waals surface area (Å²) >= 11 is 0. The molecule has 4 rings (SSSR count). The third kappa shape index (κ3) is 4.00. The van der Waals surface area contributed by atoms with Gasteiger partial charge in [-0.25, -0.2) is 15.0 Å². The van der Waals surface area contributed by atoms with E-state index in [1.807, 2.05) is 18.6 Å². The largest absolute Gasteiger partial charge is 0.348 e. The highest BCUT2D eigenvalue weighted by Crippen LogP contribution is 2.28. The second-order valence-corrected chi connectivity index (χ2v) is 6.30. The zero-order valence-electron chi connectivity index (χ0n) is 14.0. The third-order valence-corrected chi connectivity index (χ3v) is 4.51. The Balaban J connectivity index is 1.44. The number of anilines is 2. The average Bonchev–Trinajstić information content (AvgIpc) is 3.16. The number of imidazole rings is 1. The topological polar surface area (TPSA) is 82.6 Å². The molecule has 0 spiro atoms. The highest BCUT2D eigenvalue weighted by atomic mass is 15.2. The van der Waals surface area contributed by atoms with Gasteiger partial charge in [0.2, 0.25) is 0 Å². The SMILES string of the molecule is c1cnc(Nc2cc(C3CCCN(Cc4ncc[nH]4)C3)ccn2)cn1. The Morgan fingerprint density at radius 2 is 2.08 bits per heavy atom. The number of rotatable bonds is 5. The molecule has 25 heavy (non-hydrogen) atoms. The van der Waals surface area contributed by atoms with E-state index in [1.54, 1.807) is 18.6 Å². The Hall–Kier alpha value is -2.80. The predicted octanol–water partition coefficient (Wildman–Crippen LogP) is 2.72. The summed E-state index contributed by atoms with van der Waals surface area (Å²) in [6.07, 6.45) is 13.0. The standard InChI is InChI=1S/C18H21N7/c1-2-15(12-25(9-1)13-18-22-7-8-23-18)14-3-4-20-16(10-14)24-17-11-19-5-6-21-17/h3-8,10-11,15H,1-2,9,12-13H2,(H,22,23)(H,20,21,24). The minimum absolute atomic E-state index is 0.508. The van der Waals surface area contributed by atoms with Crippen molar-refractivity contribution in [2.75, 3.05) is 18.4 Å². The van der Waals surface area contributed by atoms with Gasteiger partial charge in [0.15, 0.2) is 0 Å². The summed E-state index contributed by atoms with van der Waals surface area (Å²) in [4.78, 5) is 22.7. The first kappa shape index (κ1) is 15.7. The molecule has 7 heteroatoms. The van der Waals surface area contributed by atoms with Crippen molar-refractivity contribution in [2.24, 2.45) is 0 Å². The molecule has 7 nitrogen and oxygen atoms in total. The minimum Gasteiger partial charge on any atom is -0.348 e. The van der Waals surface area contributed by atoms with Crippen LogP contribution in [0.25, 0.3) is 0 Å². The van der Waals surface area contributed by atoms with Gasteiger partial charge in [0, 0.05) is 37.5 Å². The molecule has 4 heterocycles. The van der Waals surface area contributed by atoms with E-state index in [0.717, 1.165) is 31.3 Å². The molecule has 0 radical (unpaired) electrons. The number of likely N-dealkylation sites (tertiary alicyclic amines) is 1. The van der Waals surface area contributed by atoms with Crippen LogP contribution in [0.2, 0.25) is 0 Å². The van der Waals surface area contributed by atoms with Gasteiger partial charge in [-0.05, 0) is 43.0 Å². The first-order valence-corrected chi connectivity index (χ1v) is 8.56. The summed E-state index contributed by atoms with van der Waals surface area (Å²) in [6, 6.07) is 4.23. The van der Waals surface area contributed by atoms with Gasteiger partial charge in [0.1, 0.15) is 17.5 Å². The molecule has 1 fully saturated rings. The fourth-order valence-electron chi connectivity index (χ4n) is 3.33. The van der Waals surface area contributed by atoms with E-state index < -0.39 is 0 Å². The summed E-state index contributed by atoms with van der Waals surface area (Å²) in [7, 11) is 0. The van der Waals surface area contributed by atoms with Crippen molar-refractivity contribution in [3.8, 4) is 0 Å². The molecule has 0 bridgehead atoms. The van der Waals surface area contributed by atoms with Gasteiger partial charge in [0.05, 0.1) is 12.7 Å². The van der Waals surface area contributed by atoms with Gasteiger partial charge < -0.3 is 10.3 Å². The van der Waals surface area contributed by atoms with Crippen LogP contribution in [0.4, 0.5) is 11.6 Å². The van der Waals surface area contributed by atoms with Crippen molar-refractivity contribution in [3.63, 3.8) is 0 Å². The molecular formula is C18H21N7. The Morgan fingerprint density at radius 1 is 1.12 bits per heavy atom. The Bertz CT molecular complexity index is 788. The van der Waals surface area contributed by atoms with Crippen LogP contribution in [0.1, 0.15) is 30.1 Å². The summed E-state index contributed by atoms with van der Waals surface area (Å²) in [6.45, 7) is 3.03. The maximum absolute atomic E-state index is 4.40. The number of pyridine rings is 1. The summed E-state index contributed by atoms with van der Waals surface area (Å²) in [5.74, 6) is 3.05. The quantitative estimate of drug-likeness (QED) is 0.746. The van der Waals surface area contributed by atoms with E-state index in [2.05, 4.69) is 47.3 Å². The molecule has 1 saturated heterocycles. The lowest BCUT2D eigenvalue weighted by molar-refractivity contribution is 0.196. The van der Waals surface area contributed by atoms with Crippen LogP contribution in [-0.4, -0.2) is 42.9 Å². The molecule has 1 atom stereocenters. The van der Waals surface area contributed by atoms with Gasteiger partial charge >= 0.3 is 0 Å². The van der Waals surface area contributed by atoms with Crippen LogP contribution < -0.4 is 5.32 Å². The van der Waals surface area contributed by atoms with Gasteiger partial charge in [-0.3, -0.25) is 9.88 Å². The number of aromatic nitrogens is 5. The molecule has 0 saturated carbocycles. The molecule has 0 aliphatic carbocycles. The van der Waals surface area contributed by atoms with E-state index in [-0.39, 0.29) is 0 Å². The zero-order chi connectivity index (χ0) is 16.9. The number of H-pyrrole nitrogens is 1. The lowest BCUT2D eigenvalue weighted by Gasteiger charge is -2.32. The van der Waals surface area contributed by atoms with Crippen LogP contribution >= 0.6 is 0 Å². The first-order chi connectivity index (χ1) is 12.4. The Labute approximate surface area is 146 Å². The molecular weight excluding hydrogens is 314 g/mol. The zero-order valence-corrected chi connectivity index (χ0v) is 14.0. The maximum atomic E-state index is 4.40. The van der Waals surface area contributed by atoms with Crippen molar-refractivity contribution in [1.82, 2.24) is 29.8 Å². The highest BCUT2D eigenvalue weighted by molar-refractivity contribution is 5.51. The summed E-state index contributed by atoms with van der Waals surface area (Å²) in [5.41, 5.74) is 1.31. The molecule has 0 amide bonds. The number of hydrogen-bond acceptors (Lipinski definition) is 6. The molecule has 128 valence electrons. The minimum atomic E-state index is 0.508. The molecule has 1 unspecified atom stereocenters.